The predicted octanol–water partition coefficient (Wildman–Crippen LogP) is 8.15. The van der Waals surface area contributed by atoms with Gasteiger partial charge in [0.15, 0.2) is 0 Å². The van der Waals surface area contributed by atoms with Gasteiger partial charge in [-0.3, -0.25) is 0 Å². The average molecular weight is 461 g/mol. The zero-order chi connectivity index (χ0) is 24.2. The molecular formula is C30H36O4. The van der Waals surface area contributed by atoms with Gasteiger partial charge in [0.1, 0.15) is 18.1 Å². The van der Waals surface area contributed by atoms with E-state index in [2.05, 4.69) is 13.8 Å². The lowest BCUT2D eigenvalue weighted by atomic mass is 9.98. The number of benzene rings is 3. The highest BCUT2D eigenvalue weighted by molar-refractivity contribution is 5.98. The van der Waals surface area contributed by atoms with E-state index in [1.54, 1.807) is 12.1 Å². The smallest absolute Gasteiger partial charge is 0.336 e. The molecule has 1 unspecified atom stereocenters. The minimum Gasteiger partial charge on any atom is -0.490 e. The Bertz CT molecular complexity index is 1030. The molecule has 180 valence electrons. The second-order valence-corrected chi connectivity index (χ2v) is 8.62. The normalized spacial score (nSPS) is 11.7. The third-order valence-corrected chi connectivity index (χ3v) is 5.96. The largest absolute Gasteiger partial charge is 0.490 e. The zero-order valence-electron chi connectivity index (χ0n) is 20.3. The van der Waals surface area contributed by atoms with Gasteiger partial charge in [0.05, 0.1) is 11.7 Å². The molecule has 1 atom stereocenters. The second-order valence-electron chi connectivity index (χ2n) is 8.62. The molecule has 4 nitrogen and oxygen atoms in total. The highest BCUT2D eigenvalue weighted by atomic mass is 16.5. The molecular weight excluding hydrogens is 424 g/mol. The Morgan fingerprint density at radius 1 is 0.794 bits per heavy atom. The van der Waals surface area contributed by atoms with Crippen LogP contribution in [0.1, 0.15) is 74.7 Å². The van der Waals surface area contributed by atoms with Crippen LogP contribution in [-0.4, -0.2) is 17.2 Å². The Kier molecular flexibility index (Phi) is 10.0. The highest BCUT2D eigenvalue weighted by Gasteiger charge is 2.18. The lowest BCUT2D eigenvalue weighted by Crippen LogP contribution is -2.17. The van der Waals surface area contributed by atoms with Gasteiger partial charge in [0.2, 0.25) is 0 Å². The molecule has 1 N–H and O–H groups in total. The molecule has 0 saturated heterocycles. The van der Waals surface area contributed by atoms with E-state index >= 15 is 0 Å². The summed E-state index contributed by atoms with van der Waals surface area (Å²) in [5.74, 6) is 0.413. The molecule has 4 heteroatoms. The number of hydrogen-bond acceptors (Lipinski definition) is 3. The number of unbranched alkanes of at least 4 members (excludes halogenated alkanes) is 3. The molecule has 0 aliphatic carbocycles. The standard InChI is InChI=1S/C30H36O4/c1-3-5-6-10-18-25(14-4-2)34-27-20-12-11-17-24(27)22-33-28-21-13-19-26(30(31)32)29(28)23-15-8-7-9-16-23/h7-9,11-13,15-17,19-21,25H,3-6,10,14,18,22H2,1-2H3,(H,31,32). The maximum atomic E-state index is 11.9. The van der Waals surface area contributed by atoms with Crippen LogP contribution >= 0.6 is 0 Å². The van der Waals surface area contributed by atoms with E-state index in [9.17, 15) is 9.90 Å². The summed E-state index contributed by atoms with van der Waals surface area (Å²) in [5.41, 5.74) is 2.59. The summed E-state index contributed by atoms with van der Waals surface area (Å²) in [6.07, 6.45) is 8.28. The summed E-state index contributed by atoms with van der Waals surface area (Å²) >= 11 is 0. The molecule has 0 heterocycles. The average Bonchev–Trinajstić information content (AvgIpc) is 2.86. The number of carboxylic acid groups (broad SMARTS) is 1. The molecule has 0 saturated carbocycles. The minimum absolute atomic E-state index is 0.193. The Balaban J connectivity index is 1.79. The molecule has 3 aromatic rings. The van der Waals surface area contributed by atoms with Crippen molar-refractivity contribution in [2.24, 2.45) is 0 Å². The van der Waals surface area contributed by atoms with Crippen LogP contribution in [0.4, 0.5) is 0 Å². The molecule has 0 aliphatic rings. The maximum Gasteiger partial charge on any atom is 0.336 e. The van der Waals surface area contributed by atoms with E-state index in [-0.39, 0.29) is 11.7 Å². The lowest BCUT2D eigenvalue weighted by Gasteiger charge is -2.21. The molecule has 0 amide bonds. The first-order valence-corrected chi connectivity index (χ1v) is 12.4. The van der Waals surface area contributed by atoms with Crippen molar-refractivity contribution in [3.8, 4) is 22.6 Å². The monoisotopic (exact) mass is 460 g/mol. The maximum absolute atomic E-state index is 11.9. The second kappa shape index (κ2) is 13.4. The third kappa shape index (κ3) is 7.11. The fraction of sp³-hybridized carbons (Fsp3) is 0.367. The van der Waals surface area contributed by atoms with Gasteiger partial charge in [-0.2, -0.15) is 0 Å². The van der Waals surface area contributed by atoms with Gasteiger partial charge in [-0.05, 0) is 43.0 Å². The SMILES string of the molecule is CCCCCCC(CCC)Oc1ccccc1COc1cccc(C(=O)O)c1-c1ccccc1. The molecule has 0 aromatic heterocycles. The van der Waals surface area contributed by atoms with Crippen molar-refractivity contribution in [3.05, 3.63) is 83.9 Å². The van der Waals surface area contributed by atoms with Crippen LogP contribution in [0, 0.1) is 0 Å². The Labute approximate surface area is 203 Å². The molecule has 0 aliphatic heterocycles. The van der Waals surface area contributed by atoms with Crippen LogP contribution < -0.4 is 9.47 Å². The summed E-state index contributed by atoms with van der Waals surface area (Å²) in [5, 5.41) is 9.76. The van der Waals surface area contributed by atoms with Crippen LogP contribution in [0.25, 0.3) is 11.1 Å². The van der Waals surface area contributed by atoms with Gasteiger partial charge < -0.3 is 14.6 Å². The van der Waals surface area contributed by atoms with Gasteiger partial charge in [0.25, 0.3) is 0 Å². The summed E-state index contributed by atoms with van der Waals surface area (Å²) in [4.78, 5) is 11.9. The molecule has 3 aromatic carbocycles. The van der Waals surface area contributed by atoms with Gasteiger partial charge in [-0.1, -0.05) is 94.1 Å². The number of ether oxygens (including phenoxy) is 2. The van der Waals surface area contributed by atoms with E-state index in [1.165, 1.54) is 25.7 Å². The van der Waals surface area contributed by atoms with Gasteiger partial charge >= 0.3 is 5.97 Å². The Morgan fingerprint density at radius 3 is 2.26 bits per heavy atom. The molecule has 0 fully saturated rings. The summed E-state index contributed by atoms with van der Waals surface area (Å²) in [7, 11) is 0. The number of rotatable bonds is 14. The minimum atomic E-state index is -0.974. The summed E-state index contributed by atoms with van der Waals surface area (Å²) in [6.45, 7) is 4.72. The van der Waals surface area contributed by atoms with Crippen molar-refractivity contribution in [1.82, 2.24) is 0 Å². The molecule has 0 spiro atoms. The fourth-order valence-corrected chi connectivity index (χ4v) is 4.19. The first-order chi connectivity index (χ1) is 16.6. The quantitative estimate of drug-likeness (QED) is 0.247. The third-order valence-electron chi connectivity index (χ3n) is 5.96. The molecule has 3 rings (SSSR count). The highest BCUT2D eigenvalue weighted by Crippen LogP contribution is 2.35. The first-order valence-electron chi connectivity index (χ1n) is 12.4. The Morgan fingerprint density at radius 2 is 1.53 bits per heavy atom. The van der Waals surface area contributed by atoms with E-state index < -0.39 is 5.97 Å². The zero-order valence-corrected chi connectivity index (χ0v) is 20.3. The van der Waals surface area contributed by atoms with Crippen molar-refractivity contribution in [1.29, 1.82) is 0 Å². The Hall–Kier alpha value is -3.27. The summed E-state index contributed by atoms with van der Waals surface area (Å²) < 4.78 is 12.7. The number of carbonyl (C=O) groups is 1. The fourth-order valence-electron chi connectivity index (χ4n) is 4.19. The van der Waals surface area contributed by atoms with Crippen molar-refractivity contribution in [2.45, 2.75) is 71.5 Å². The lowest BCUT2D eigenvalue weighted by molar-refractivity contribution is 0.0697. The number of carboxylic acids is 1. The van der Waals surface area contributed by atoms with Crippen LogP contribution in [-0.2, 0) is 6.61 Å². The van der Waals surface area contributed by atoms with E-state index in [1.807, 2.05) is 60.7 Å². The number of hydrogen-bond donors (Lipinski definition) is 1. The predicted molar refractivity (Wildman–Crippen MR) is 138 cm³/mol. The number of aromatic carboxylic acids is 1. The van der Waals surface area contributed by atoms with Crippen LogP contribution in [0.3, 0.4) is 0 Å². The number of para-hydroxylation sites is 1. The topological polar surface area (TPSA) is 55.8 Å². The van der Waals surface area contributed by atoms with Crippen molar-refractivity contribution in [2.75, 3.05) is 0 Å². The van der Waals surface area contributed by atoms with E-state index in [0.29, 0.717) is 17.9 Å². The van der Waals surface area contributed by atoms with E-state index in [0.717, 1.165) is 36.1 Å². The van der Waals surface area contributed by atoms with Crippen molar-refractivity contribution in [3.63, 3.8) is 0 Å². The molecule has 0 bridgehead atoms. The molecule has 0 radical (unpaired) electrons. The van der Waals surface area contributed by atoms with Crippen molar-refractivity contribution < 1.29 is 19.4 Å². The summed E-state index contributed by atoms with van der Waals surface area (Å²) in [6, 6.07) is 22.7. The van der Waals surface area contributed by atoms with Crippen LogP contribution in [0.15, 0.2) is 72.8 Å². The van der Waals surface area contributed by atoms with Crippen LogP contribution in [0.2, 0.25) is 0 Å². The molecule has 34 heavy (non-hydrogen) atoms. The van der Waals surface area contributed by atoms with Crippen LogP contribution in [0.5, 0.6) is 11.5 Å². The van der Waals surface area contributed by atoms with Gasteiger partial charge in [-0.15, -0.1) is 0 Å². The van der Waals surface area contributed by atoms with E-state index in [4.69, 9.17) is 9.47 Å². The van der Waals surface area contributed by atoms with Gasteiger partial charge in [0, 0.05) is 11.1 Å². The van der Waals surface area contributed by atoms with Gasteiger partial charge in [-0.25, -0.2) is 4.79 Å². The van der Waals surface area contributed by atoms with Crippen molar-refractivity contribution >= 4 is 5.97 Å². The first kappa shape index (κ1) is 25.4.